The van der Waals surface area contributed by atoms with Gasteiger partial charge in [-0.25, -0.2) is 13.8 Å². The summed E-state index contributed by atoms with van der Waals surface area (Å²) in [5.41, 5.74) is 7.61. The first kappa shape index (κ1) is 12.1. The minimum atomic E-state index is -0.406. The van der Waals surface area contributed by atoms with Crippen LogP contribution in [0.4, 0.5) is 14.7 Å². The molecule has 0 saturated heterocycles. The van der Waals surface area contributed by atoms with Gasteiger partial charge in [0.15, 0.2) is 0 Å². The highest BCUT2D eigenvalue weighted by Crippen LogP contribution is 2.27. The van der Waals surface area contributed by atoms with Crippen LogP contribution in [0.1, 0.15) is 0 Å². The maximum Gasteiger partial charge on any atom is 0.205 e. The number of hydrogen-bond acceptors (Lipinski definition) is 2. The van der Waals surface area contributed by atoms with Crippen molar-refractivity contribution in [2.45, 2.75) is 0 Å². The van der Waals surface area contributed by atoms with Crippen molar-refractivity contribution in [3.05, 3.63) is 52.5 Å². The van der Waals surface area contributed by atoms with Gasteiger partial charge in [-0.3, -0.25) is 4.57 Å². The van der Waals surface area contributed by atoms with Crippen molar-refractivity contribution in [1.82, 2.24) is 9.55 Å². The van der Waals surface area contributed by atoms with E-state index in [4.69, 9.17) is 5.73 Å². The molecule has 2 N–H and O–H groups in total. The third kappa shape index (κ3) is 1.98. The topological polar surface area (TPSA) is 43.8 Å². The van der Waals surface area contributed by atoms with Gasteiger partial charge >= 0.3 is 0 Å². The number of benzene rings is 2. The molecule has 1 aromatic heterocycles. The average Bonchev–Trinajstić information content (AvgIpc) is 2.67. The number of nitrogens with two attached hydrogens (primary N) is 1. The lowest BCUT2D eigenvalue weighted by atomic mass is 10.2. The highest BCUT2D eigenvalue weighted by molar-refractivity contribution is 9.10. The summed E-state index contributed by atoms with van der Waals surface area (Å²) in [6.07, 6.45) is 0. The zero-order valence-electron chi connectivity index (χ0n) is 9.57. The molecule has 0 saturated carbocycles. The van der Waals surface area contributed by atoms with Crippen molar-refractivity contribution < 1.29 is 8.78 Å². The first-order valence-corrected chi connectivity index (χ1v) is 6.24. The third-order valence-electron chi connectivity index (χ3n) is 2.81. The molecular formula is C13H8BrF2N3. The fourth-order valence-corrected chi connectivity index (χ4v) is 2.28. The second-order valence-corrected chi connectivity index (χ2v) is 4.89. The molecule has 0 spiro atoms. The van der Waals surface area contributed by atoms with Gasteiger partial charge in [-0.05, 0) is 46.3 Å². The number of aromatic nitrogens is 2. The molecule has 1 heterocycles. The molecule has 0 unspecified atom stereocenters. The van der Waals surface area contributed by atoms with E-state index in [-0.39, 0.29) is 11.8 Å². The standard InChI is InChI=1S/C13H8BrF2N3/c14-9-5-12-11(6-10(9)16)18-13(17)19(12)8-3-1-7(15)2-4-8/h1-6H,(H2,17,18). The van der Waals surface area contributed by atoms with Crippen LogP contribution in [0.5, 0.6) is 0 Å². The van der Waals surface area contributed by atoms with Crippen LogP contribution >= 0.6 is 15.9 Å². The van der Waals surface area contributed by atoms with Gasteiger partial charge in [-0.1, -0.05) is 0 Å². The van der Waals surface area contributed by atoms with E-state index in [1.54, 1.807) is 22.8 Å². The van der Waals surface area contributed by atoms with Crippen LogP contribution in [0, 0.1) is 11.6 Å². The summed E-state index contributed by atoms with van der Waals surface area (Å²) >= 11 is 3.13. The van der Waals surface area contributed by atoms with E-state index in [1.807, 2.05) is 0 Å². The predicted octanol–water partition coefficient (Wildman–Crippen LogP) is 3.65. The Balaban J connectivity index is 2.31. The summed E-state index contributed by atoms with van der Waals surface area (Å²) in [7, 11) is 0. The van der Waals surface area contributed by atoms with Crippen molar-refractivity contribution in [3.63, 3.8) is 0 Å². The Morgan fingerprint density at radius 1 is 1.11 bits per heavy atom. The predicted molar refractivity (Wildman–Crippen MR) is 73.1 cm³/mol. The summed E-state index contributed by atoms with van der Waals surface area (Å²) in [5, 5.41) is 0. The molecule has 0 aliphatic rings. The van der Waals surface area contributed by atoms with Crippen molar-refractivity contribution in [2.24, 2.45) is 0 Å². The second kappa shape index (κ2) is 4.31. The number of imidazole rings is 1. The molecule has 3 rings (SSSR count). The van der Waals surface area contributed by atoms with Crippen LogP contribution in [-0.2, 0) is 0 Å². The van der Waals surface area contributed by atoms with Crippen molar-refractivity contribution in [2.75, 3.05) is 5.73 Å². The number of nitrogens with zero attached hydrogens (tertiary/aromatic N) is 2. The summed E-state index contributed by atoms with van der Waals surface area (Å²) in [4.78, 5) is 4.10. The molecule has 0 amide bonds. The van der Waals surface area contributed by atoms with E-state index < -0.39 is 5.82 Å². The molecule has 0 atom stereocenters. The number of nitrogen functional groups attached to an aromatic ring is 1. The Morgan fingerprint density at radius 3 is 2.47 bits per heavy atom. The lowest BCUT2D eigenvalue weighted by Gasteiger charge is -2.06. The van der Waals surface area contributed by atoms with Gasteiger partial charge in [-0.15, -0.1) is 0 Å². The fraction of sp³-hybridized carbons (Fsp3) is 0. The van der Waals surface area contributed by atoms with Crippen molar-refractivity contribution in [1.29, 1.82) is 0 Å². The number of fused-ring (bicyclic) bond motifs is 1. The quantitative estimate of drug-likeness (QED) is 0.742. The number of halogens is 3. The smallest absolute Gasteiger partial charge is 0.205 e. The molecule has 96 valence electrons. The van der Waals surface area contributed by atoms with Crippen LogP contribution in [0.3, 0.4) is 0 Å². The van der Waals surface area contributed by atoms with Gasteiger partial charge in [0.05, 0.1) is 15.5 Å². The minimum absolute atomic E-state index is 0.221. The van der Waals surface area contributed by atoms with E-state index in [1.165, 1.54) is 18.2 Å². The second-order valence-electron chi connectivity index (χ2n) is 4.04. The Hall–Kier alpha value is -1.95. The van der Waals surface area contributed by atoms with Crippen LogP contribution in [0.2, 0.25) is 0 Å². The van der Waals surface area contributed by atoms with Gasteiger partial charge in [0.1, 0.15) is 11.6 Å². The van der Waals surface area contributed by atoms with Crippen LogP contribution in [0.15, 0.2) is 40.9 Å². The summed E-state index contributed by atoms with van der Waals surface area (Å²) in [5.74, 6) is -0.519. The maximum atomic E-state index is 13.5. The van der Waals surface area contributed by atoms with E-state index >= 15 is 0 Å². The third-order valence-corrected chi connectivity index (χ3v) is 3.42. The van der Waals surface area contributed by atoms with E-state index in [2.05, 4.69) is 20.9 Å². The summed E-state index contributed by atoms with van der Waals surface area (Å²) in [6, 6.07) is 8.74. The Morgan fingerprint density at radius 2 is 1.79 bits per heavy atom. The number of rotatable bonds is 1. The summed E-state index contributed by atoms with van der Waals surface area (Å²) < 4.78 is 28.4. The van der Waals surface area contributed by atoms with Crippen LogP contribution in [-0.4, -0.2) is 9.55 Å². The largest absolute Gasteiger partial charge is 0.369 e. The van der Waals surface area contributed by atoms with Crippen molar-refractivity contribution in [3.8, 4) is 5.69 Å². The van der Waals surface area contributed by atoms with Crippen LogP contribution in [0.25, 0.3) is 16.7 Å². The molecule has 0 aliphatic carbocycles. The van der Waals surface area contributed by atoms with Gasteiger partial charge in [-0.2, -0.15) is 0 Å². The SMILES string of the molecule is Nc1nc2cc(F)c(Br)cc2n1-c1ccc(F)cc1. The first-order valence-electron chi connectivity index (χ1n) is 5.45. The van der Waals surface area contributed by atoms with Crippen LogP contribution < -0.4 is 5.73 Å². The molecular weight excluding hydrogens is 316 g/mol. The van der Waals surface area contributed by atoms with Crippen molar-refractivity contribution >= 4 is 32.9 Å². The first-order chi connectivity index (χ1) is 9.06. The number of hydrogen-bond donors (Lipinski definition) is 1. The normalized spacial score (nSPS) is 11.1. The van der Waals surface area contributed by atoms with Gasteiger partial charge in [0.25, 0.3) is 0 Å². The lowest BCUT2D eigenvalue weighted by Crippen LogP contribution is -2.00. The molecule has 0 aliphatic heterocycles. The molecule has 2 aromatic carbocycles. The van der Waals surface area contributed by atoms with E-state index in [9.17, 15) is 8.78 Å². The molecule has 0 fully saturated rings. The average molecular weight is 324 g/mol. The molecule has 19 heavy (non-hydrogen) atoms. The zero-order valence-corrected chi connectivity index (χ0v) is 11.2. The Kier molecular flexibility index (Phi) is 2.74. The van der Waals surface area contributed by atoms with E-state index in [0.717, 1.165) is 0 Å². The van der Waals surface area contributed by atoms with Gasteiger partial charge < -0.3 is 5.73 Å². The summed E-state index contributed by atoms with van der Waals surface area (Å²) in [6.45, 7) is 0. The molecule has 0 bridgehead atoms. The fourth-order valence-electron chi connectivity index (χ4n) is 1.95. The Bertz CT molecular complexity index is 766. The number of anilines is 1. The molecule has 3 nitrogen and oxygen atoms in total. The Labute approximate surface area is 115 Å². The molecule has 3 aromatic rings. The maximum absolute atomic E-state index is 13.5. The highest BCUT2D eigenvalue weighted by atomic mass is 79.9. The van der Waals surface area contributed by atoms with E-state index in [0.29, 0.717) is 21.2 Å². The minimum Gasteiger partial charge on any atom is -0.369 e. The monoisotopic (exact) mass is 323 g/mol. The highest BCUT2D eigenvalue weighted by Gasteiger charge is 2.12. The van der Waals surface area contributed by atoms with Gasteiger partial charge in [0.2, 0.25) is 5.95 Å². The zero-order chi connectivity index (χ0) is 13.6. The molecule has 6 heteroatoms. The molecule has 0 radical (unpaired) electrons. The van der Waals surface area contributed by atoms with Gasteiger partial charge in [0, 0.05) is 11.8 Å². The lowest BCUT2D eigenvalue weighted by molar-refractivity contribution is 0.623.